The Morgan fingerprint density at radius 3 is 2.53 bits per heavy atom. The number of carbonyl (C=O) groups excluding carboxylic acids is 1. The average Bonchev–Trinajstić information content (AvgIpc) is 2.13. The van der Waals surface area contributed by atoms with Gasteiger partial charge in [0.05, 0.1) is 18.4 Å². The minimum Gasteiger partial charge on any atom is -0.355 e. The fraction of sp³-hybridized carbons (Fsp3) is 0.818. The van der Waals surface area contributed by atoms with Crippen LogP contribution >= 0.6 is 0 Å². The number of nitrogens with one attached hydrogen (secondary N) is 1. The summed E-state index contributed by atoms with van der Waals surface area (Å²) in [6.07, 6.45) is 1.11. The molecule has 1 atom stereocenters. The van der Waals surface area contributed by atoms with Gasteiger partial charge in [0, 0.05) is 13.1 Å². The van der Waals surface area contributed by atoms with Gasteiger partial charge in [-0.2, -0.15) is 5.26 Å². The number of nitrogens with two attached hydrogens (primary N) is 1. The smallest absolute Gasteiger partial charge is 0.224 e. The first-order valence-electron chi connectivity index (χ1n) is 5.25. The summed E-state index contributed by atoms with van der Waals surface area (Å²) in [7, 11) is 0. The second-order valence-electron chi connectivity index (χ2n) is 4.90. The molecule has 0 fully saturated rings. The van der Waals surface area contributed by atoms with E-state index in [1.165, 1.54) is 0 Å². The number of rotatable bonds is 5. The third-order valence-corrected chi connectivity index (χ3v) is 2.05. The van der Waals surface area contributed by atoms with Gasteiger partial charge in [-0.25, -0.2) is 0 Å². The molecule has 86 valence electrons. The van der Waals surface area contributed by atoms with Gasteiger partial charge in [-0.15, -0.1) is 0 Å². The van der Waals surface area contributed by atoms with Gasteiger partial charge < -0.3 is 11.1 Å². The normalized spacial score (nSPS) is 13.0. The second-order valence-corrected chi connectivity index (χ2v) is 4.90. The minimum atomic E-state index is -0.149. The van der Waals surface area contributed by atoms with Crippen LogP contribution in [0.4, 0.5) is 0 Å². The second kappa shape index (κ2) is 6.41. The van der Waals surface area contributed by atoms with E-state index < -0.39 is 0 Å². The molecule has 0 bridgehead atoms. The number of nitriles is 1. The summed E-state index contributed by atoms with van der Waals surface area (Å²) >= 11 is 0. The molecule has 0 aliphatic heterocycles. The first-order valence-corrected chi connectivity index (χ1v) is 5.25. The molecule has 0 heterocycles. The van der Waals surface area contributed by atoms with Crippen molar-refractivity contribution in [3.8, 4) is 6.07 Å². The fourth-order valence-electron chi connectivity index (χ4n) is 1.41. The summed E-state index contributed by atoms with van der Waals surface area (Å²) in [4.78, 5) is 11.6. The van der Waals surface area contributed by atoms with E-state index in [1.54, 1.807) is 0 Å². The van der Waals surface area contributed by atoms with Gasteiger partial charge in [0.2, 0.25) is 5.91 Å². The molecule has 3 N–H and O–H groups in total. The van der Waals surface area contributed by atoms with Crippen molar-refractivity contribution in [1.82, 2.24) is 5.32 Å². The van der Waals surface area contributed by atoms with Crippen LogP contribution in [0.3, 0.4) is 0 Å². The molecule has 0 aromatic rings. The molecule has 0 saturated carbocycles. The van der Waals surface area contributed by atoms with Crippen molar-refractivity contribution < 1.29 is 4.79 Å². The molecule has 0 saturated heterocycles. The molecule has 1 unspecified atom stereocenters. The monoisotopic (exact) mass is 211 g/mol. The Balaban J connectivity index is 4.06. The summed E-state index contributed by atoms with van der Waals surface area (Å²) < 4.78 is 0. The third kappa shape index (κ3) is 6.92. The number of carbonyl (C=O) groups is 1. The number of hydrogen-bond acceptors (Lipinski definition) is 3. The fourth-order valence-corrected chi connectivity index (χ4v) is 1.41. The Morgan fingerprint density at radius 1 is 1.53 bits per heavy atom. The highest BCUT2D eigenvalue weighted by atomic mass is 16.1. The van der Waals surface area contributed by atoms with Gasteiger partial charge in [-0.3, -0.25) is 4.79 Å². The maximum atomic E-state index is 11.6. The van der Waals surface area contributed by atoms with Gasteiger partial charge >= 0.3 is 0 Å². The summed E-state index contributed by atoms with van der Waals surface area (Å²) in [6, 6.07) is 1.98. The van der Waals surface area contributed by atoms with Crippen LogP contribution < -0.4 is 11.1 Å². The standard InChI is InChI=1S/C11H21N3O/c1-11(2,3)7-9(8-13)10(15)14-6-4-5-12/h9H,4,6-8,13H2,1-3H3,(H,14,15). The summed E-state index contributed by atoms with van der Waals surface area (Å²) in [5.74, 6) is -0.189. The van der Waals surface area contributed by atoms with Gasteiger partial charge in [0.15, 0.2) is 0 Å². The first-order chi connectivity index (χ1) is 6.90. The molecule has 0 rings (SSSR count). The van der Waals surface area contributed by atoms with Crippen molar-refractivity contribution >= 4 is 5.91 Å². The van der Waals surface area contributed by atoms with E-state index in [2.05, 4.69) is 26.1 Å². The van der Waals surface area contributed by atoms with Gasteiger partial charge in [-0.1, -0.05) is 20.8 Å². The zero-order valence-corrected chi connectivity index (χ0v) is 9.84. The van der Waals surface area contributed by atoms with E-state index in [9.17, 15) is 4.79 Å². The van der Waals surface area contributed by atoms with Gasteiger partial charge in [-0.05, 0) is 11.8 Å². The lowest BCUT2D eigenvalue weighted by Crippen LogP contribution is -2.37. The lowest BCUT2D eigenvalue weighted by atomic mass is 9.84. The van der Waals surface area contributed by atoms with Gasteiger partial charge in [0.1, 0.15) is 0 Å². The minimum absolute atomic E-state index is 0.0392. The van der Waals surface area contributed by atoms with E-state index in [-0.39, 0.29) is 17.2 Å². The molecule has 15 heavy (non-hydrogen) atoms. The van der Waals surface area contributed by atoms with Gasteiger partial charge in [0.25, 0.3) is 0 Å². The number of nitrogens with zero attached hydrogens (tertiary/aromatic N) is 1. The van der Waals surface area contributed by atoms with Crippen LogP contribution in [-0.4, -0.2) is 19.0 Å². The van der Waals surface area contributed by atoms with Crippen molar-refractivity contribution in [3.05, 3.63) is 0 Å². The maximum absolute atomic E-state index is 11.6. The quantitative estimate of drug-likeness (QED) is 0.666. The highest BCUT2D eigenvalue weighted by Gasteiger charge is 2.23. The maximum Gasteiger partial charge on any atom is 0.224 e. The van der Waals surface area contributed by atoms with Crippen LogP contribution in [0.15, 0.2) is 0 Å². The molecule has 0 aliphatic carbocycles. The van der Waals surface area contributed by atoms with E-state index in [0.717, 1.165) is 6.42 Å². The zero-order chi connectivity index (χ0) is 11.9. The van der Waals surface area contributed by atoms with Crippen molar-refractivity contribution in [2.45, 2.75) is 33.6 Å². The molecule has 0 aliphatic rings. The molecule has 4 nitrogen and oxygen atoms in total. The lowest BCUT2D eigenvalue weighted by Gasteiger charge is -2.24. The SMILES string of the molecule is CC(C)(C)CC(CN)C(=O)NCCC#N. The predicted octanol–water partition coefficient (Wildman–Crippen LogP) is 1.03. The van der Waals surface area contributed by atoms with Crippen LogP contribution in [0, 0.1) is 22.7 Å². The Morgan fingerprint density at radius 2 is 2.13 bits per heavy atom. The molecule has 0 radical (unpaired) electrons. The molecular weight excluding hydrogens is 190 g/mol. The molecule has 0 spiro atoms. The van der Waals surface area contributed by atoms with E-state index >= 15 is 0 Å². The highest BCUT2D eigenvalue weighted by molar-refractivity contribution is 5.78. The van der Waals surface area contributed by atoms with Crippen LogP contribution in [0.2, 0.25) is 0 Å². The van der Waals surface area contributed by atoms with E-state index in [4.69, 9.17) is 11.0 Å². The van der Waals surface area contributed by atoms with Crippen molar-refractivity contribution in [3.63, 3.8) is 0 Å². The van der Waals surface area contributed by atoms with E-state index in [0.29, 0.717) is 19.5 Å². The average molecular weight is 211 g/mol. The Labute approximate surface area is 91.8 Å². The van der Waals surface area contributed by atoms with Crippen LogP contribution in [0.25, 0.3) is 0 Å². The van der Waals surface area contributed by atoms with E-state index in [1.807, 2.05) is 6.07 Å². The molecule has 1 amide bonds. The lowest BCUT2D eigenvalue weighted by molar-refractivity contribution is -0.125. The highest BCUT2D eigenvalue weighted by Crippen LogP contribution is 2.23. The third-order valence-electron chi connectivity index (χ3n) is 2.05. The largest absolute Gasteiger partial charge is 0.355 e. The number of hydrogen-bond donors (Lipinski definition) is 2. The first kappa shape index (κ1) is 13.9. The van der Waals surface area contributed by atoms with Crippen molar-refractivity contribution in [2.75, 3.05) is 13.1 Å². The van der Waals surface area contributed by atoms with Crippen molar-refractivity contribution in [1.29, 1.82) is 5.26 Å². The van der Waals surface area contributed by atoms with Crippen LogP contribution in [0.5, 0.6) is 0 Å². The van der Waals surface area contributed by atoms with Crippen LogP contribution in [0.1, 0.15) is 33.6 Å². The topological polar surface area (TPSA) is 78.9 Å². The Kier molecular flexibility index (Phi) is 5.95. The van der Waals surface area contributed by atoms with Crippen molar-refractivity contribution in [2.24, 2.45) is 17.1 Å². The summed E-state index contributed by atoms with van der Waals surface area (Å²) in [5, 5.41) is 11.1. The zero-order valence-electron chi connectivity index (χ0n) is 9.84. The molecule has 0 aromatic carbocycles. The summed E-state index contributed by atoms with van der Waals surface area (Å²) in [5.41, 5.74) is 5.65. The molecular formula is C11H21N3O. The number of amides is 1. The molecule has 4 heteroatoms. The molecule has 0 aromatic heterocycles. The Bertz CT molecular complexity index is 237. The Hall–Kier alpha value is -1.08. The van der Waals surface area contributed by atoms with Crippen LogP contribution in [-0.2, 0) is 4.79 Å². The predicted molar refractivity (Wildman–Crippen MR) is 59.9 cm³/mol. The summed E-state index contributed by atoms with van der Waals surface area (Å²) in [6.45, 7) is 7.01.